The molecular formula is C32H34N2. The number of aromatic nitrogens is 2. The van der Waals surface area contributed by atoms with Crippen molar-refractivity contribution in [2.24, 2.45) is 0 Å². The van der Waals surface area contributed by atoms with Crippen molar-refractivity contribution in [3.63, 3.8) is 0 Å². The quantitative estimate of drug-likeness (QED) is 0.313. The van der Waals surface area contributed by atoms with Gasteiger partial charge in [-0.25, -0.2) is 9.97 Å². The van der Waals surface area contributed by atoms with E-state index in [-0.39, 0.29) is 10.8 Å². The van der Waals surface area contributed by atoms with E-state index in [4.69, 9.17) is 9.97 Å². The number of benzene rings is 3. The molecule has 1 aromatic heterocycles. The molecule has 2 nitrogen and oxygen atoms in total. The predicted molar refractivity (Wildman–Crippen MR) is 146 cm³/mol. The molecule has 34 heavy (non-hydrogen) atoms. The summed E-state index contributed by atoms with van der Waals surface area (Å²) in [5.41, 5.74) is 8.94. The van der Waals surface area contributed by atoms with Crippen molar-refractivity contribution in [3.8, 4) is 33.9 Å². The molecule has 0 saturated carbocycles. The van der Waals surface area contributed by atoms with Gasteiger partial charge in [-0.2, -0.15) is 0 Å². The van der Waals surface area contributed by atoms with Gasteiger partial charge in [0.05, 0.1) is 11.4 Å². The van der Waals surface area contributed by atoms with Gasteiger partial charge in [-0.3, -0.25) is 0 Å². The molecule has 2 heteroatoms. The van der Waals surface area contributed by atoms with E-state index in [1.54, 1.807) is 0 Å². The van der Waals surface area contributed by atoms with Gasteiger partial charge >= 0.3 is 0 Å². The third-order valence-electron chi connectivity index (χ3n) is 6.22. The third kappa shape index (κ3) is 5.17. The van der Waals surface area contributed by atoms with Crippen LogP contribution in [0.25, 0.3) is 40.0 Å². The molecule has 0 amide bonds. The van der Waals surface area contributed by atoms with Gasteiger partial charge < -0.3 is 0 Å². The maximum absolute atomic E-state index is 4.97. The minimum Gasteiger partial charge on any atom is -0.228 e. The molecule has 172 valence electrons. The number of hydrogen-bond acceptors (Lipinski definition) is 2. The molecule has 0 radical (unpaired) electrons. The lowest BCUT2D eigenvalue weighted by Gasteiger charge is -2.19. The SMILES string of the molecule is C=Cc1ccc(-c2nc(-c3ccc(C(C)(C)C)cc3)cc(-c3ccc(C(C)(C)C)cc3)n2)cc1. The van der Waals surface area contributed by atoms with Crippen molar-refractivity contribution < 1.29 is 0 Å². The molecular weight excluding hydrogens is 412 g/mol. The lowest BCUT2D eigenvalue weighted by atomic mass is 9.86. The highest BCUT2D eigenvalue weighted by Gasteiger charge is 2.16. The number of nitrogens with zero attached hydrogens (tertiary/aromatic N) is 2. The highest BCUT2D eigenvalue weighted by atomic mass is 14.9. The van der Waals surface area contributed by atoms with Gasteiger partial charge in [-0.05, 0) is 33.6 Å². The van der Waals surface area contributed by atoms with Crippen LogP contribution in [-0.2, 0) is 10.8 Å². The molecule has 4 rings (SSSR count). The largest absolute Gasteiger partial charge is 0.228 e. The van der Waals surface area contributed by atoms with E-state index < -0.39 is 0 Å². The number of hydrogen-bond donors (Lipinski definition) is 0. The van der Waals surface area contributed by atoms with Crippen molar-refractivity contribution in [1.29, 1.82) is 0 Å². The molecule has 1 heterocycles. The first-order valence-corrected chi connectivity index (χ1v) is 11.9. The van der Waals surface area contributed by atoms with Crippen LogP contribution < -0.4 is 0 Å². The Morgan fingerprint density at radius 2 is 0.941 bits per heavy atom. The average molecular weight is 447 g/mol. The van der Waals surface area contributed by atoms with Crippen LogP contribution >= 0.6 is 0 Å². The standard InChI is InChI=1S/C32H34N2/c1-8-22-9-11-25(12-10-22)30-33-28(23-13-17-26(18-14-23)31(2,3)4)21-29(34-30)24-15-19-27(20-16-24)32(5,6)7/h8-21H,1H2,2-7H3. The second-order valence-electron chi connectivity index (χ2n) is 10.9. The zero-order chi connectivity index (χ0) is 24.5. The summed E-state index contributed by atoms with van der Waals surface area (Å²) in [5.74, 6) is 0.725. The summed E-state index contributed by atoms with van der Waals surface area (Å²) in [6, 6.07) is 27.8. The van der Waals surface area contributed by atoms with Crippen LogP contribution in [0.5, 0.6) is 0 Å². The molecule has 3 aromatic carbocycles. The zero-order valence-electron chi connectivity index (χ0n) is 21.2. The first kappa shape index (κ1) is 23.6. The van der Waals surface area contributed by atoms with Crippen molar-refractivity contribution in [3.05, 3.63) is 102 Å². The summed E-state index contributed by atoms with van der Waals surface area (Å²) in [6.07, 6.45) is 1.85. The number of rotatable bonds is 4. The van der Waals surface area contributed by atoms with E-state index in [0.29, 0.717) is 0 Å². The van der Waals surface area contributed by atoms with E-state index >= 15 is 0 Å². The van der Waals surface area contributed by atoms with E-state index in [9.17, 15) is 0 Å². The predicted octanol–water partition coefficient (Wildman–Crippen LogP) is 8.72. The smallest absolute Gasteiger partial charge is 0.160 e. The van der Waals surface area contributed by atoms with E-state index in [2.05, 4.69) is 115 Å². The van der Waals surface area contributed by atoms with Gasteiger partial charge in [0.2, 0.25) is 0 Å². The minimum atomic E-state index is 0.113. The Bertz CT molecular complexity index is 1210. The summed E-state index contributed by atoms with van der Waals surface area (Å²) < 4.78 is 0. The van der Waals surface area contributed by atoms with Gasteiger partial charge in [0, 0.05) is 16.7 Å². The molecule has 0 spiro atoms. The molecule has 0 unspecified atom stereocenters. The highest BCUT2D eigenvalue weighted by Crippen LogP contribution is 2.31. The van der Waals surface area contributed by atoms with Gasteiger partial charge in [0.1, 0.15) is 0 Å². The maximum Gasteiger partial charge on any atom is 0.160 e. The second-order valence-corrected chi connectivity index (χ2v) is 10.9. The monoisotopic (exact) mass is 446 g/mol. The van der Waals surface area contributed by atoms with Crippen LogP contribution in [0.1, 0.15) is 58.2 Å². The van der Waals surface area contributed by atoms with E-state index in [0.717, 1.165) is 39.5 Å². The summed E-state index contributed by atoms with van der Waals surface area (Å²) >= 11 is 0. The molecule has 0 N–H and O–H groups in total. The van der Waals surface area contributed by atoms with E-state index in [1.165, 1.54) is 11.1 Å². The van der Waals surface area contributed by atoms with Crippen LogP contribution in [0.3, 0.4) is 0 Å². The maximum atomic E-state index is 4.97. The normalized spacial score (nSPS) is 11.9. The van der Waals surface area contributed by atoms with E-state index in [1.807, 2.05) is 18.2 Å². The molecule has 0 aliphatic heterocycles. The van der Waals surface area contributed by atoms with Gasteiger partial charge in [-0.1, -0.05) is 127 Å². The Morgan fingerprint density at radius 1 is 0.559 bits per heavy atom. The third-order valence-corrected chi connectivity index (χ3v) is 6.22. The molecule has 0 bridgehead atoms. The zero-order valence-corrected chi connectivity index (χ0v) is 21.2. The Morgan fingerprint density at radius 3 is 1.29 bits per heavy atom. The molecule has 0 atom stereocenters. The van der Waals surface area contributed by atoms with Crippen LogP contribution in [0.2, 0.25) is 0 Å². The highest BCUT2D eigenvalue weighted by molar-refractivity contribution is 5.72. The first-order valence-electron chi connectivity index (χ1n) is 11.9. The summed E-state index contributed by atoms with van der Waals surface area (Å²) in [6.45, 7) is 17.3. The second kappa shape index (κ2) is 9.02. The first-order chi connectivity index (χ1) is 16.0. The molecule has 0 saturated heterocycles. The van der Waals surface area contributed by atoms with Crippen LogP contribution in [-0.4, -0.2) is 9.97 Å². The Hall–Kier alpha value is -3.52. The summed E-state index contributed by atoms with van der Waals surface area (Å²) in [4.78, 5) is 9.93. The molecule has 0 aliphatic carbocycles. The van der Waals surface area contributed by atoms with Gasteiger partial charge in [0.25, 0.3) is 0 Å². The molecule has 0 aliphatic rings. The summed E-state index contributed by atoms with van der Waals surface area (Å²) in [5, 5.41) is 0. The Kier molecular flexibility index (Phi) is 6.27. The van der Waals surface area contributed by atoms with Crippen molar-refractivity contribution in [2.75, 3.05) is 0 Å². The van der Waals surface area contributed by atoms with Crippen LogP contribution in [0.15, 0.2) is 85.4 Å². The lowest BCUT2D eigenvalue weighted by molar-refractivity contribution is 0.590. The molecule has 4 aromatic rings. The topological polar surface area (TPSA) is 25.8 Å². The fourth-order valence-electron chi connectivity index (χ4n) is 3.92. The molecule has 0 fully saturated rings. The fraction of sp³-hybridized carbons (Fsp3) is 0.250. The Balaban J connectivity index is 1.83. The summed E-state index contributed by atoms with van der Waals surface area (Å²) in [7, 11) is 0. The van der Waals surface area contributed by atoms with Crippen LogP contribution in [0, 0.1) is 0 Å². The minimum absolute atomic E-state index is 0.113. The van der Waals surface area contributed by atoms with Crippen molar-refractivity contribution in [2.45, 2.75) is 52.4 Å². The van der Waals surface area contributed by atoms with Gasteiger partial charge in [0.15, 0.2) is 5.82 Å². The van der Waals surface area contributed by atoms with Crippen LogP contribution in [0.4, 0.5) is 0 Å². The Labute approximate surface area is 204 Å². The van der Waals surface area contributed by atoms with Gasteiger partial charge in [-0.15, -0.1) is 0 Å². The van der Waals surface area contributed by atoms with Crippen molar-refractivity contribution in [1.82, 2.24) is 9.97 Å². The van der Waals surface area contributed by atoms with Crippen molar-refractivity contribution >= 4 is 6.08 Å². The fourth-order valence-corrected chi connectivity index (χ4v) is 3.92. The average Bonchev–Trinajstić information content (AvgIpc) is 2.83. The lowest BCUT2D eigenvalue weighted by Crippen LogP contribution is -2.10.